The zero-order chi connectivity index (χ0) is 11.8. The highest BCUT2D eigenvalue weighted by Gasteiger charge is 2.07. The molecule has 3 rings (SSSR count). The van der Waals surface area contributed by atoms with Crippen molar-refractivity contribution in [1.29, 1.82) is 0 Å². The fourth-order valence-corrected chi connectivity index (χ4v) is 2.75. The summed E-state index contributed by atoms with van der Waals surface area (Å²) in [6.45, 7) is 2.08. The second-order valence-corrected chi connectivity index (χ2v) is 4.97. The number of aryl methyl sites for hydroxylation is 1. The number of anilines is 1. The third-order valence-corrected chi connectivity index (χ3v) is 3.57. The van der Waals surface area contributed by atoms with Crippen LogP contribution in [0.3, 0.4) is 0 Å². The quantitative estimate of drug-likeness (QED) is 0.711. The number of nitrogens with two attached hydrogens (primary N) is 1. The van der Waals surface area contributed by atoms with Crippen LogP contribution in [-0.4, -0.2) is 9.97 Å². The molecule has 1 aromatic carbocycles. The Hall–Kier alpha value is -1.94. The fraction of sp³-hybridized carbons (Fsp3) is 0.0769. The molecule has 84 valence electrons. The molecule has 3 aromatic rings. The van der Waals surface area contributed by atoms with Gasteiger partial charge in [0.2, 0.25) is 0 Å². The van der Waals surface area contributed by atoms with Gasteiger partial charge in [-0.3, -0.25) is 0 Å². The zero-order valence-electron chi connectivity index (χ0n) is 9.34. The Morgan fingerprint density at radius 2 is 2.00 bits per heavy atom. The van der Waals surface area contributed by atoms with E-state index in [-0.39, 0.29) is 0 Å². The molecule has 0 aliphatic rings. The van der Waals surface area contributed by atoms with Crippen molar-refractivity contribution in [2.24, 2.45) is 0 Å². The minimum Gasteiger partial charge on any atom is -0.384 e. The molecule has 3 nitrogen and oxygen atoms in total. The first kappa shape index (κ1) is 10.2. The monoisotopic (exact) mass is 241 g/mol. The van der Waals surface area contributed by atoms with Crippen molar-refractivity contribution in [2.75, 3.05) is 5.73 Å². The van der Waals surface area contributed by atoms with Crippen LogP contribution in [0.4, 0.5) is 5.82 Å². The lowest BCUT2D eigenvalue weighted by atomic mass is 10.2. The lowest BCUT2D eigenvalue weighted by Crippen LogP contribution is -1.90. The topological polar surface area (TPSA) is 51.8 Å². The van der Waals surface area contributed by atoms with E-state index in [1.165, 1.54) is 10.3 Å². The van der Waals surface area contributed by atoms with E-state index in [4.69, 9.17) is 5.73 Å². The zero-order valence-corrected chi connectivity index (χ0v) is 10.2. The second-order valence-electron chi connectivity index (χ2n) is 3.94. The Kier molecular flexibility index (Phi) is 2.30. The summed E-state index contributed by atoms with van der Waals surface area (Å²) in [5, 5.41) is 0.915. The van der Waals surface area contributed by atoms with E-state index >= 15 is 0 Å². The molecule has 0 radical (unpaired) electrons. The molecule has 0 spiro atoms. The number of hydrogen-bond donors (Lipinski definition) is 1. The van der Waals surface area contributed by atoms with Gasteiger partial charge in [-0.1, -0.05) is 12.1 Å². The van der Waals surface area contributed by atoms with E-state index < -0.39 is 0 Å². The molecule has 0 atom stereocenters. The number of fused-ring (bicyclic) bond motifs is 1. The van der Waals surface area contributed by atoms with Crippen LogP contribution in [0, 0.1) is 6.92 Å². The van der Waals surface area contributed by atoms with E-state index in [2.05, 4.69) is 29.0 Å². The Bertz CT molecular complexity index is 688. The molecule has 2 heterocycles. The van der Waals surface area contributed by atoms with Crippen molar-refractivity contribution in [3.05, 3.63) is 42.0 Å². The lowest BCUT2D eigenvalue weighted by Gasteiger charge is -1.95. The molecular weight excluding hydrogens is 230 g/mol. The Morgan fingerprint density at radius 1 is 1.12 bits per heavy atom. The summed E-state index contributed by atoms with van der Waals surface area (Å²) in [5.41, 5.74) is 8.77. The van der Waals surface area contributed by atoms with Crippen molar-refractivity contribution in [3.8, 4) is 10.7 Å². The van der Waals surface area contributed by atoms with Gasteiger partial charge in [-0.2, -0.15) is 0 Å². The van der Waals surface area contributed by atoms with Gasteiger partial charge in [-0.15, -0.1) is 11.3 Å². The molecule has 0 saturated carbocycles. The molecule has 0 fully saturated rings. The lowest BCUT2D eigenvalue weighted by molar-refractivity contribution is 1.31. The van der Waals surface area contributed by atoms with Gasteiger partial charge in [0.25, 0.3) is 0 Å². The molecule has 0 unspecified atom stereocenters. The molecule has 0 bridgehead atoms. The van der Waals surface area contributed by atoms with Gasteiger partial charge in [-0.05, 0) is 36.8 Å². The average Bonchev–Trinajstić information content (AvgIpc) is 2.72. The molecule has 17 heavy (non-hydrogen) atoms. The van der Waals surface area contributed by atoms with Crippen LogP contribution in [0.15, 0.2) is 36.4 Å². The third kappa shape index (κ3) is 1.87. The predicted octanol–water partition coefficient (Wildman–Crippen LogP) is 3.25. The van der Waals surface area contributed by atoms with Crippen LogP contribution >= 0.6 is 11.3 Å². The predicted molar refractivity (Wildman–Crippen MR) is 72.0 cm³/mol. The third-order valence-electron chi connectivity index (χ3n) is 2.53. The minimum absolute atomic E-state index is 0.526. The van der Waals surface area contributed by atoms with Gasteiger partial charge >= 0.3 is 0 Å². The maximum Gasteiger partial charge on any atom is 0.143 e. The molecule has 0 aliphatic heterocycles. The average molecular weight is 241 g/mol. The molecule has 2 aromatic heterocycles. The maximum absolute atomic E-state index is 5.68. The van der Waals surface area contributed by atoms with Crippen molar-refractivity contribution >= 4 is 27.4 Å². The Balaban J connectivity index is 2.18. The molecule has 0 saturated heterocycles. The summed E-state index contributed by atoms with van der Waals surface area (Å²) in [6.07, 6.45) is 0. The summed E-state index contributed by atoms with van der Waals surface area (Å²) in [6, 6.07) is 11.9. The number of aromatic nitrogens is 2. The van der Waals surface area contributed by atoms with Gasteiger partial charge in [0.1, 0.15) is 16.5 Å². The first-order valence-electron chi connectivity index (χ1n) is 5.32. The first-order valence-corrected chi connectivity index (χ1v) is 6.14. The summed E-state index contributed by atoms with van der Waals surface area (Å²) < 4.78 is 1.18. The number of pyridine rings is 1. The Morgan fingerprint density at radius 3 is 2.82 bits per heavy atom. The van der Waals surface area contributed by atoms with Gasteiger partial charge in [0.15, 0.2) is 0 Å². The van der Waals surface area contributed by atoms with Crippen LogP contribution in [0.2, 0.25) is 0 Å². The highest BCUT2D eigenvalue weighted by atomic mass is 32.1. The summed E-state index contributed by atoms with van der Waals surface area (Å²) in [4.78, 5) is 8.85. The summed E-state index contributed by atoms with van der Waals surface area (Å²) in [5.74, 6) is 0.526. The van der Waals surface area contributed by atoms with Gasteiger partial charge < -0.3 is 5.73 Å². The van der Waals surface area contributed by atoms with E-state index in [0.717, 1.165) is 16.2 Å². The van der Waals surface area contributed by atoms with E-state index in [0.29, 0.717) is 5.82 Å². The number of thiazole rings is 1. The second kappa shape index (κ2) is 3.82. The minimum atomic E-state index is 0.526. The number of nitrogens with zero attached hydrogens (tertiary/aromatic N) is 2. The first-order chi connectivity index (χ1) is 8.22. The van der Waals surface area contributed by atoms with E-state index in [1.54, 1.807) is 17.4 Å². The largest absolute Gasteiger partial charge is 0.384 e. The maximum atomic E-state index is 5.68. The molecule has 2 N–H and O–H groups in total. The smallest absolute Gasteiger partial charge is 0.143 e. The number of benzene rings is 1. The van der Waals surface area contributed by atoms with Crippen LogP contribution < -0.4 is 5.73 Å². The number of nitrogen functional groups attached to an aromatic ring is 1. The normalized spacial score (nSPS) is 10.9. The van der Waals surface area contributed by atoms with E-state index in [9.17, 15) is 0 Å². The van der Waals surface area contributed by atoms with Gasteiger partial charge in [-0.25, -0.2) is 9.97 Å². The van der Waals surface area contributed by atoms with Crippen molar-refractivity contribution in [3.63, 3.8) is 0 Å². The SMILES string of the molecule is Cc1ccc2nc(-c3cccc(N)n3)sc2c1. The van der Waals surface area contributed by atoms with Crippen molar-refractivity contribution in [1.82, 2.24) is 9.97 Å². The van der Waals surface area contributed by atoms with Crippen LogP contribution in [0.1, 0.15) is 5.56 Å². The molecular formula is C13H11N3S. The fourth-order valence-electron chi connectivity index (χ4n) is 1.71. The molecule has 0 aliphatic carbocycles. The van der Waals surface area contributed by atoms with Crippen LogP contribution in [0.5, 0.6) is 0 Å². The van der Waals surface area contributed by atoms with Crippen molar-refractivity contribution < 1.29 is 0 Å². The number of hydrogen-bond acceptors (Lipinski definition) is 4. The summed E-state index contributed by atoms with van der Waals surface area (Å²) >= 11 is 1.64. The standard InChI is InChI=1S/C13H11N3S/c1-8-5-6-9-11(7-8)17-13(16-9)10-3-2-4-12(14)15-10/h2-7H,1H3,(H2,14,15). The van der Waals surface area contributed by atoms with Crippen LogP contribution in [0.25, 0.3) is 20.9 Å². The number of rotatable bonds is 1. The van der Waals surface area contributed by atoms with Crippen molar-refractivity contribution in [2.45, 2.75) is 6.92 Å². The van der Waals surface area contributed by atoms with Crippen LogP contribution in [-0.2, 0) is 0 Å². The van der Waals surface area contributed by atoms with Gasteiger partial charge in [0.05, 0.1) is 10.2 Å². The molecule has 0 amide bonds. The van der Waals surface area contributed by atoms with Gasteiger partial charge in [0, 0.05) is 0 Å². The molecule has 4 heteroatoms. The Labute approximate surface area is 103 Å². The van der Waals surface area contributed by atoms with E-state index in [1.807, 2.05) is 18.2 Å². The highest BCUT2D eigenvalue weighted by molar-refractivity contribution is 7.21. The highest BCUT2D eigenvalue weighted by Crippen LogP contribution is 2.29. The summed E-state index contributed by atoms with van der Waals surface area (Å²) in [7, 11) is 0.